The summed E-state index contributed by atoms with van der Waals surface area (Å²) in [7, 11) is 1.58. The maximum atomic E-state index is 12.8. The van der Waals surface area contributed by atoms with Gasteiger partial charge in [-0.1, -0.05) is 35.3 Å². The van der Waals surface area contributed by atoms with Crippen LogP contribution in [0, 0.1) is 0 Å². The highest BCUT2D eigenvalue weighted by Crippen LogP contribution is 2.24. The summed E-state index contributed by atoms with van der Waals surface area (Å²) < 4.78 is 13.0. The molecule has 4 aromatic rings. The third-order valence-electron chi connectivity index (χ3n) is 4.88. The Bertz CT molecular complexity index is 1260. The van der Waals surface area contributed by atoms with Gasteiger partial charge < -0.3 is 14.8 Å². The summed E-state index contributed by atoms with van der Waals surface area (Å²) in [4.78, 5) is 12.8. The first-order valence-corrected chi connectivity index (χ1v) is 10.9. The van der Waals surface area contributed by atoms with E-state index >= 15 is 0 Å². The lowest BCUT2D eigenvalue weighted by Crippen LogP contribution is -2.12. The Balaban J connectivity index is 1.43. The van der Waals surface area contributed by atoms with Gasteiger partial charge in [0.05, 0.1) is 25.5 Å². The molecule has 0 aliphatic carbocycles. The van der Waals surface area contributed by atoms with Gasteiger partial charge in [0.1, 0.15) is 18.1 Å². The molecular formula is C25H21Cl2N3O3. The van der Waals surface area contributed by atoms with E-state index in [2.05, 4.69) is 10.4 Å². The molecule has 33 heavy (non-hydrogen) atoms. The number of benzene rings is 3. The minimum absolute atomic E-state index is 0.240. The van der Waals surface area contributed by atoms with Crippen LogP contribution in [0.5, 0.6) is 11.5 Å². The zero-order valence-electron chi connectivity index (χ0n) is 17.8. The fourth-order valence-electron chi connectivity index (χ4n) is 3.26. The van der Waals surface area contributed by atoms with Crippen molar-refractivity contribution in [3.8, 4) is 11.5 Å². The molecule has 0 atom stereocenters. The van der Waals surface area contributed by atoms with E-state index in [0.717, 1.165) is 11.1 Å². The Kier molecular flexibility index (Phi) is 7.17. The van der Waals surface area contributed by atoms with Crippen molar-refractivity contribution < 1.29 is 14.3 Å². The number of hydrogen-bond acceptors (Lipinski definition) is 4. The minimum Gasteiger partial charge on any atom is -0.496 e. The van der Waals surface area contributed by atoms with Crippen molar-refractivity contribution in [3.05, 3.63) is 106 Å². The SMILES string of the molecule is COc1ccc(C(=O)Nc2cnn(Cc3cccc(Cl)c3)c2)cc1COc1ccc(Cl)cc1. The van der Waals surface area contributed by atoms with E-state index in [1.165, 1.54) is 0 Å². The Morgan fingerprint density at radius 1 is 1.03 bits per heavy atom. The van der Waals surface area contributed by atoms with Crippen molar-refractivity contribution in [3.63, 3.8) is 0 Å². The molecule has 1 aromatic heterocycles. The summed E-state index contributed by atoms with van der Waals surface area (Å²) in [5.41, 5.74) is 2.84. The number of aromatic nitrogens is 2. The molecule has 0 bridgehead atoms. The highest BCUT2D eigenvalue weighted by atomic mass is 35.5. The van der Waals surface area contributed by atoms with E-state index in [0.29, 0.717) is 39.3 Å². The summed E-state index contributed by atoms with van der Waals surface area (Å²) in [6, 6.07) is 19.8. The van der Waals surface area contributed by atoms with Crippen LogP contribution < -0.4 is 14.8 Å². The maximum absolute atomic E-state index is 12.8. The Morgan fingerprint density at radius 2 is 1.85 bits per heavy atom. The monoisotopic (exact) mass is 481 g/mol. The van der Waals surface area contributed by atoms with Crippen molar-refractivity contribution in [2.45, 2.75) is 13.2 Å². The van der Waals surface area contributed by atoms with Crippen LogP contribution in [0.2, 0.25) is 10.0 Å². The molecule has 0 radical (unpaired) electrons. The zero-order valence-corrected chi connectivity index (χ0v) is 19.3. The van der Waals surface area contributed by atoms with Crippen molar-refractivity contribution in [1.29, 1.82) is 0 Å². The topological polar surface area (TPSA) is 65.4 Å². The fraction of sp³-hybridized carbons (Fsp3) is 0.120. The lowest BCUT2D eigenvalue weighted by Gasteiger charge is -2.12. The zero-order chi connectivity index (χ0) is 23.2. The molecular weight excluding hydrogens is 461 g/mol. The number of carbonyl (C=O) groups is 1. The van der Waals surface area contributed by atoms with Gasteiger partial charge in [0.25, 0.3) is 5.91 Å². The molecule has 8 heteroatoms. The van der Waals surface area contributed by atoms with E-state index in [1.54, 1.807) is 66.6 Å². The maximum Gasteiger partial charge on any atom is 0.255 e. The van der Waals surface area contributed by atoms with Gasteiger partial charge in [-0.15, -0.1) is 0 Å². The summed E-state index contributed by atoms with van der Waals surface area (Å²) in [6.45, 7) is 0.786. The van der Waals surface area contributed by atoms with Crippen LogP contribution in [0.3, 0.4) is 0 Å². The third kappa shape index (κ3) is 6.06. The first kappa shape index (κ1) is 22.7. The van der Waals surface area contributed by atoms with Gasteiger partial charge in [0, 0.05) is 27.4 Å². The van der Waals surface area contributed by atoms with Gasteiger partial charge in [0.2, 0.25) is 0 Å². The van der Waals surface area contributed by atoms with E-state index in [1.807, 2.05) is 24.3 Å². The lowest BCUT2D eigenvalue weighted by atomic mass is 10.1. The van der Waals surface area contributed by atoms with Gasteiger partial charge in [-0.2, -0.15) is 5.10 Å². The van der Waals surface area contributed by atoms with E-state index < -0.39 is 0 Å². The second kappa shape index (κ2) is 10.4. The summed E-state index contributed by atoms with van der Waals surface area (Å²) in [5.74, 6) is 1.05. The van der Waals surface area contributed by atoms with E-state index in [-0.39, 0.29) is 12.5 Å². The van der Waals surface area contributed by atoms with Crippen LogP contribution in [0.4, 0.5) is 5.69 Å². The number of amides is 1. The number of rotatable bonds is 8. The quantitative estimate of drug-likeness (QED) is 0.331. The minimum atomic E-state index is -0.257. The molecule has 0 saturated heterocycles. The van der Waals surface area contributed by atoms with Crippen molar-refractivity contribution >= 4 is 34.8 Å². The van der Waals surface area contributed by atoms with Crippen molar-refractivity contribution in [1.82, 2.24) is 9.78 Å². The number of carbonyl (C=O) groups excluding carboxylic acids is 1. The number of hydrogen-bond donors (Lipinski definition) is 1. The molecule has 0 saturated carbocycles. The molecule has 0 fully saturated rings. The van der Waals surface area contributed by atoms with Crippen molar-refractivity contribution in [2.75, 3.05) is 12.4 Å². The number of halogens is 2. The van der Waals surface area contributed by atoms with Crippen LogP contribution in [0.15, 0.2) is 79.1 Å². The molecule has 0 aliphatic heterocycles. The standard InChI is InChI=1S/C25H21Cl2N3O3/c1-32-24-10-5-18(12-19(24)16-33-23-8-6-20(26)7-9-23)25(31)29-22-13-28-30(15-22)14-17-3-2-4-21(27)11-17/h2-13,15H,14,16H2,1H3,(H,29,31). The predicted molar refractivity (Wildman–Crippen MR) is 130 cm³/mol. The summed E-state index contributed by atoms with van der Waals surface area (Å²) in [5, 5.41) is 8.49. The predicted octanol–water partition coefficient (Wildman–Crippen LogP) is 6.08. The molecule has 1 amide bonds. The summed E-state index contributed by atoms with van der Waals surface area (Å²) >= 11 is 12.0. The highest BCUT2D eigenvalue weighted by molar-refractivity contribution is 6.30. The van der Waals surface area contributed by atoms with E-state index in [4.69, 9.17) is 32.7 Å². The van der Waals surface area contributed by atoms with Gasteiger partial charge in [-0.25, -0.2) is 0 Å². The molecule has 3 aromatic carbocycles. The first-order chi connectivity index (χ1) is 16.0. The van der Waals surface area contributed by atoms with Crippen LogP contribution in [-0.2, 0) is 13.2 Å². The molecule has 168 valence electrons. The number of anilines is 1. The summed E-state index contributed by atoms with van der Waals surface area (Å²) in [6.07, 6.45) is 3.38. The molecule has 1 N–H and O–H groups in total. The molecule has 0 spiro atoms. The Hall–Kier alpha value is -3.48. The average molecular weight is 482 g/mol. The third-order valence-corrected chi connectivity index (χ3v) is 5.36. The average Bonchev–Trinajstić information content (AvgIpc) is 3.25. The largest absolute Gasteiger partial charge is 0.496 e. The lowest BCUT2D eigenvalue weighted by molar-refractivity contribution is 0.102. The first-order valence-electron chi connectivity index (χ1n) is 10.1. The molecule has 6 nitrogen and oxygen atoms in total. The molecule has 0 unspecified atom stereocenters. The second-order valence-corrected chi connectivity index (χ2v) is 8.15. The number of nitrogens with zero attached hydrogens (tertiary/aromatic N) is 2. The van der Waals surface area contributed by atoms with Crippen molar-refractivity contribution in [2.24, 2.45) is 0 Å². The smallest absolute Gasteiger partial charge is 0.255 e. The molecule has 0 aliphatic rings. The number of methoxy groups -OCH3 is 1. The highest BCUT2D eigenvalue weighted by Gasteiger charge is 2.12. The van der Waals surface area contributed by atoms with Gasteiger partial charge >= 0.3 is 0 Å². The fourth-order valence-corrected chi connectivity index (χ4v) is 3.60. The normalized spacial score (nSPS) is 10.6. The number of nitrogens with one attached hydrogen (secondary N) is 1. The van der Waals surface area contributed by atoms with Gasteiger partial charge in [0.15, 0.2) is 0 Å². The molecule has 4 rings (SSSR count). The Labute approximate surface area is 201 Å². The molecule has 1 heterocycles. The number of ether oxygens (including phenoxy) is 2. The van der Waals surface area contributed by atoms with E-state index in [9.17, 15) is 4.79 Å². The van der Waals surface area contributed by atoms with Crippen LogP contribution in [0.1, 0.15) is 21.5 Å². The van der Waals surface area contributed by atoms with Crippen LogP contribution in [0.25, 0.3) is 0 Å². The second-order valence-electron chi connectivity index (χ2n) is 7.28. The van der Waals surface area contributed by atoms with Gasteiger partial charge in [-0.3, -0.25) is 9.48 Å². The van der Waals surface area contributed by atoms with Gasteiger partial charge in [-0.05, 0) is 60.2 Å². The van der Waals surface area contributed by atoms with Crippen LogP contribution in [-0.4, -0.2) is 22.8 Å². The van der Waals surface area contributed by atoms with Crippen LogP contribution >= 0.6 is 23.2 Å². The Morgan fingerprint density at radius 3 is 2.61 bits per heavy atom.